The van der Waals surface area contributed by atoms with Gasteiger partial charge in [-0.25, -0.2) is 13.2 Å². The second-order valence-electron chi connectivity index (χ2n) is 2.54. The van der Waals surface area contributed by atoms with Gasteiger partial charge in [0.2, 0.25) is 0 Å². The number of hydrogen-bond acceptors (Lipinski definition) is 1. The van der Waals surface area contributed by atoms with E-state index in [0.717, 1.165) is 12.1 Å². The van der Waals surface area contributed by atoms with E-state index in [1.165, 1.54) is 0 Å². The molecule has 0 aliphatic carbocycles. The Morgan fingerprint density at radius 3 is 2.15 bits per heavy atom. The Bertz CT molecular complexity index is 293. The van der Waals surface area contributed by atoms with Gasteiger partial charge in [-0.1, -0.05) is 11.6 Å². The molecule has 0 bridgehead atoms. The van der Waals surface area contributed by atoms with Crippen molar-refractivity contribution in [1.82, 2.24) is 0 Å². The highest BCUT2D eigenvalue weighted by Crippen LogP contribution is 2.23. The first kappa shape index (κ1) is 10.3. The zero-order chi connectivity index (χ0) is 10.0. The Morgan fingerprint density at radius 2 is 1.77 bits per heavy atom. The fourth-order valence-corrected chi connectivity index (χ4v) is 1.18. The molecule has 0 saturated heterocycles. The van der Waals surface area contributed by atoms with Gasteiger partial charge in [-0.05, 0) is 12.1 Å². The smallest absolute Gasteiger partial charge is 0.132 e. The minimum atomic E-state index is -1.28. The average Bonchev–Trinajstić information content (AvgIpc) is 2.02. The first-order valence-corrected chi connectivity index (χ1v) is 3.90. The first-order chi connectivity index (χ1) is 6.06. The molecule has 1 aromatic carbocycles. The van der Waals surface area contributed by atoms with Crippen molar-refractivity contribution in [1.29, 1.82) is 0 Å². The molecule has 5 heteroatoms. The zero-order valence-corrected chi connectivity index (χ0v) is 7.28. The molecule has 0 saturated carbocycles. The third-order valence-corrected chi connectivity index (χ3v) is 1.80. The van der Waals surface area contributed by atoms with Crippen LogP contribution in [0.2, 0.25) is 5.02 Å². The van der Waals surface area contributed by atoms with Crippen LogP contribution in [0.25, 0.3) is 0 Å². The van der Waals surface area contributed by atoms with Crippen molar-refractivity contribution in [3.05, 3.63) is 34.4 Å². The van der Waals surface area contributed by atoms with Gasteiger partial charge < -0.3 is 5.73 Å². The van der Waals surface area contributed by atoms with Gasteiger partial charge in [-0.2, -0.15) is 0 Å². The summed E-state index contributed by atoms with van der Waals surface area (Å²) in [5, 5.41) is -0.0789. The molecule has 0 fully saturated rings. The Hall–Kier alpha value is -0.740. The van der Waals surface area contributed by atoms with Crippen LogP contribution in [0.15, 0.2) is 12.1 Å². The first-order valence-electron chi connectivity index (χ1n) is 3.52. The molecule has 1 aromatic rings. The predicted molar refractivity (Wildman–Crippen MR) is 44.3 cm³/mol. The standard InChI is InChI=1S/C8H7ClF3N/c9-4-1-5(11)8(6(12)2-4)7(13)3-10/h1-2,7H,3,13H2/t7-/m1/s1. The summed E-state index contributed by atoms with van der Waals surface area (Å²) >= 11 is 5.36. The summed E-state index contributed by atoms with van der Waals surface area (Å²) in [5.41, 5.74) is 4.68. The van der Waals surface area contributed by atoms with E-state index < -0.39 is 29.9 Å². The fraction of sp³-hybridized carbons (Fsp3) is 0.250. The number of hydrogen-bond donors (Lipinski definition) is 1. The summed E-state index contributed by atoms with van der Waals surface area (Å²) in [7, 11) is 0. The molecular weight excluding hydrogens is 203 g/mol. The largest absolute Gasteiger partial charge is 0.322 e. The van der Waals surface area contributed by atoms with E-state index in [1.807, 2.05) is 0 Å². The minimum Gasteiger partial charge on any atom is -0.322 e. The molecule has 2 N–H and O–H groups in total. The highest BCUT2D eigenvalue weighted by molar-refractivity contribution is 6.30. The van der Waals surface area contributed by atoms with E-state index in [4.69, 9.17) is 17.3 Å². The van der Waals surface area contributed by atoms with Gasteiger partial charge in [0.05, 0.1) is 6.04 Å². The van der Waals surface area contributed by atoms with Gasteiger partial charge in [-0.3, -0.25) is 0 Å². The van der Waals surface area contributed by atoms with Crippen LogP contribution in [0, 0.1) is 11.6 Å². The van der Waals surface area contributed by atoms with Crippen LogP contribution in [0.5, 0.6) is 0 Å². The number of halogens is 4. The molecular formula is C8H7ClF3N. The van der Waals surface area contributed by atoms with Crippen LogP contribution >= 0.6 is 11.6 Å². The fourth-order valence-electron chi connectivity index (χ4n) is 0.985. The van der Waals surface area contributed by atoms with Gasteiger partial charge in [0, 0.05) is 10.6 Å². The van der Waals surface area contributed by atoms with Gasteiger partial charge in [-0.15, -0.1) is 0 Å². The molecule has 0 unspecified atom stereocenters. The summed E-state index contributed by atoms with van der Waals surface area (Å²) in [6.45, 7) is -1.02. The maximum atomic E-state index is 13.0. The number of benzene rings is 1. The normalized spacial score (nSPS) is 13.0. The van der Waals surface area contributed by atoms with E-state index in [-0.39, 0.29) is 5.02 Å². The summed E-state index contributed by atoms with van der Waals surface area (Å²) in [5.74, 6) is -1.84. The zero-order valence-electron chi connectivity index (χ0n) is 6.53. The van der Waals surface area contributed by atoms with E-state index >= 15 is 0 Å². The quantitative estimate of drug-likeness (QED) is 0.796. The van der Waals surface area contributed by atoms with Crippen LogP contribution in [0.4, 0.5) is 13.2 Å². The second kappa shape index (κ2) is 3.98. The predicted octanol–water partition coefficient (Wildman–Crippen LogP) is 2.59. The van der Waals surface area contributed by atoms with E-state index in [1.54, 1.807) is 0 Å². The van der Waals surface area contributed by atoms with E-state index in [2.05, 4.69) is 0 Å². The van der Waals surface area contributed by atoms with Crippen LogP contribution in [-0.2, 0) is 0 Å². The summed E-state index contributed by atoms with van der Waals surface area (Å²) in [6.07, 6.45) is 0. The van der Waals surface area contributed by atoms with Crippen molar-refractivity contribution >= 4 is 11.6 Å². The van der Waals surface area contributed by atoms with E-state index in [9.17, 15) is 13.2 Å². The summed E-state index contributed by atoms with van der Waals surface area (Å²) in [4.78, 5) is 0. The molecule has 1 rings (SSSR count). The molecule has 0 aromatic heterocycles. The second-order valence-corrected chi connectivity index (χ2v) is 2.98. The number of nitrogens with two attached hydrogens (primary N) is 1. The Balaban J connectivity index is 3.20. The van der Waals surface area contributed by atoms with Crippen LogP contribution in [-0.4, -0.2) is 6.67 Å². The van der Waals surface area contributed by atoms with Crippen molar-refractivity contribution in [2.45, 2.75) is 6.04 Å². The molecule has 13 heavy (non-hydrogen) atoms. The molecule has 0 heterocycles. The van der Waals surface area contributed by atoms with Crippen molar-refractivity contribution in [2.24, 2.45) is 5.73 Å². The molecule has 0 aliphatic rings. The Morgan fingerprint density at radius 1 is 1.31 bits per heavy atom. The lowest BCUT2D eigenvalue weighted by molar-refractivity contribution is 0.413. The molecule has 0 spiro atoms. The lowest BCUT2D eigenvalue weighted by atomic mass is 10.1. The van der Waals surface area contributed by atoms with Crippen molar-refractivity contribution in [2.75, 3.05) is 6.67 Å². The maximum Gasteiger partial charge on any atom is 0.132 e. The van der Waals surface area contributed by atoms with E-state index in [0.29, 0.717) is 0 Å². The van der Waals surface area contributed by atoms with Gasteiger partial charge >= 0.3 is 0 Å². The lowest BCUT2D eigenvalue weighted by Gasteiger charge is -2.09. The highest BCUT2D eigenvalue weighted by Gasteiger charge is 2.17. The average molecular weight is 210 g/mol. The third-order valence-electron chi connectivity index (χ3n) is 1.58. The highest BCUT2D eigenvalue weighted by atomic mass is 35.5. The van der Waals surface area contributed by atoms with Crippen molar-refractivity contribution in [3.63, 3.8) is 0 Å². The van der Waals surface area contributed by atoms with Gasteiger partial charge in [0.15, 0.2) is 0 Å². The molecule has 0 radical (unpaired) electrons. The molecule has 72 valence electrons. The van der Waals surface area contributed by atoms with Gasteiger partial charge in [0.1, 0.15) is 18.3 Å². The lowest BCUT2D eigenvalue weighted by Crippen LogP contribution is -2.16. The summed E-state index contributed by atoms with van der Waals surface area (Å²) in [6, 6.07) is 0.516. The molecule has 0 amide bonds. The van der Waals surface area contributed by atoms with Crippen LogP contribution < -0.4 is 5.73 Å². The Labute approximate surface area is 78.3 Å². The van der Waals surface area contributed by atoms with Gasteiger partial charge in [0.25, 0.3) is 0 Å². The van der Waals surface area contributed by atoms with Crippen LogP contribution in [0.1, 0.15) is 11.6 Å². The van der Waals surface area contributed by atoms with Crippen molar-refractivity contribution < 1.29 is 13.2 Å². The summed E-state index contributed by atoms with van der Waals surface area (Å²) < 4.78 is 38.0. The number of rotatable bonds is 2. The Kier molecular flexibility index (Phi) is 3.17. The molecule has 1 atom stereocenters. The SMILES string of the molecule is N[C@H](CF)c1c(F)cc(Cl)cc1F. The minimum absolute atomic E-state index is 0.0789. The molecule has 1 nitrogen and oxygen atoms in total. The maximum absolute atomic E-state index is 13.0. The van der Waals surface area contributed by atoms with Crippen LogP contribution in [0.3, 0.4) is 0 Å². The third kappa shape index (κ3) is 2.14. The topological polar surface area (TPSA) is 26.0 Å². The van der Waals surface area contributed by atoms with Crippen molar-refractivity contribution in [3.8, 4) is 0 Å². The monoisotopic (exact) mass is 209 g/mol. The molecule has 0 aliphatic heterocycles. The number of alkyl halides is 1.